The average molecular weight is 206 g/mol. The first-order valence-electron chi connectivity index (χ1n) is 4.61. The number of rotatable bonds is 2. The van der Waals surface area contributed by atoms with Crippen molar-refractivity contribution in [2.24, 2.45) is 12.8 Å². The Morgan fingerprint density at radius 2 is 2.27 bits per heavy atom. The molecule has 3 nitrogen and oxygen atoms in total. The largest absolute Gasteiger partial charge is 0.350 e. The Bertz CT molecular complexity index is 531. The molecular formula is C11H11FN2O. The van der Waals surface area contributed by atoms with Crippen LogP contribution in [0.2, 0.25) is 0 Å². The fourth-order valence-corrected chi connectivity index (χ4v) is 1.69. The number of hydrogen-bond donors (Lipinski definition) is 1. The first-order chi connectivity index (χ1) is 7.13. The van der Waals surface area contributed by atoms with E-state index in [1.54, 1.807) is 23.9 Å². The Kier molecular flexibility index (Phi) is 2.28. The molecule has 78 valence electrons. The SMILES string of the molecule is Cn1cc(C(=O)CN)c2ccc(F)cc21. The van der Waals surface area contributed by atoms with Crippen LogP contribution < -0.4 is 5.73 Å². The first kappa shape index (κ1) is 9.86. The van der Waals surface area contributed by atoms with Gasteiger partial charge >= 0.3 is 0 Å². The number of hydrogen-bond acceptors (Lipinski definition) is 2. The van der Waals surface area contributed by atoms with Crippen molar-refractivity contribution in [3.63, 3.8) is 0 Å². The summed E-state index contributed by atoms with van der Waals surface area (Å²) in [6.45, 7) is -0.0313. The Balaban J connectivity index is 2.73. The maximum absolute atomic E-state index is 13.0. The average Bonchev–Trinajstić information content (AvgIpc) is 2.55. The highest BCUT2D eigenvalue weighted by molar-refractivity contribution is 6.08. The predicted molar refractivity (Wildman–Crippen MR) is 56.3 cm³/mol. The molecule has 2 rings (SSSR count). The molecular weight excluding hydrogens is 195 g/mol. The second-order valence-electron chi connectivity index (χ2n) is 3.44. The molecule has 0 aliphatic carbocycles. The second kappa shape index (κ2) is 3.47. The number of Topliss-reactive ketones (excluding diaryl/α,β-unsaturated/α-hetero) is 1. The van der Waals surface area contributed by atoms with Crippen molar-refractivity contribution in [2.75, 3.05) is 6.54 Å². The smallest absolute Gasteiger partial charge is 0.178 e. The van der Waals surface area contributed by atoms with Gasteiger partial charge in [0, 0.05) is 24.2 Å². The van der Waals surface area contributed by atoms with Gasteiger partial charge in [0.05, 0.1) is 12.1 Å². The summed E-state index contributed by atoms with van der Waals surface area (Å²) < 4.78 is 14.7. The molecule has 2 N–H and O–H groups in total. The van der Waals surface area contributed by atoms with Gasteiger partial charge in [-0.1, -0.05) is 0 Å². The maximum Gasteiger partial charge on any atom is 0.178 e. The molecule has 0 aliphatic heterocycles. The minimum Gasteiger partial charge on any atom is -0.350 e. The molecule has 15 heavy (non-hydrogen) atoms. The van der Waals surface area contributed by atoms with Gasteiger partial charge in [-0.2, -0.15) is 0 Å². The van der Waals surface area contributed by atoms with Gasteiger partial charge < -0.3 is 10.3 Å². The van der Waals surface area contributed by atoms with E-state index < -0.39 is 0 Å². The fraction of sp³-hybridized carbons (Fsp3) is 0.182. The number of halogens is 1. The van der Waals surface area contributed by atoms with Crippen molar-refractivity contribution in [3.8, 4) is 0 Å². The zero-order valence-electron chi connectivity index (χ0n) is 8.33. The number of fused-ring (bicyclic) bond motifs is 1. The van der Waals surface area contributed by atoms with Crippen molar-refractivity contribution in [1.82, 2.24) is 4.57 Å². The lowest BCUT2D eigenvalue weighted by molar-refractivity contribution is 0.100. The van der Waals surface area contributed by atoms with E-state index in [2.05, 4.69) is 0 Å². The minimum absolute atomic E-state index is 0.0313. The Morgan fingerprint density at radius 1 is 1.53 bits per heavy atom. The molecule has 0 atom stereocenters. The maximum atomic E-state index is 13.0. The normalized spacial score (nSPS) is 10.9. The first-order valence-corrected chi connectivity index (χ1v) is 4.61. The van der Waals surface area contributed by atoms with Crippen LogP contribution in [0.1, 0.15) is 10.4 Å². The molecule has 0 spiro atoms. The quantitative estimate of drug-likeness (QED) is 0.756. The summed E-state index contributed by atoms with van der Waals surface area (Å²) >= 11 is 0. The van der Waals surface area contributed by atoms with Crippen LogP contribution in [0.5, 0.6) is 0 Å². The summed E-state index contributed by atoms with van der Waals surface area (Å²) in [7, 11) is 1.77. The molecule has 0 bridgehead atoms. The summed E-state index contributed by atoms with van der Waals surface area (Å²) in [4.78, 5) is 11.5. The summed E-state index contributed by atoms with van der Waals surface area (Å²) in [5.74, 6) is -0.442. The molecule has 4 heteroatoms. The van der Waals surface area contributed by atoms with Gasteiger partial charge in [-0.3, -0.25) is 4.79 Å². The van der Waals surface area contributed by atoms with Crippen molar-refractivity contribution in [2.45, 2.75) is 0 Å². The van der Waals surface area contributed by atoms with E-state index in [1.807, 2.05) is 0 Å². The van der Waals surface area contributed by atoms with E-state index in [0.29, 0.717) is 11.1 Å². The summed E-state index contributed by atoms with van der Waals surface area (Å²) in [6.07, 6.45) is 1.68. The molecule has 0 amide bonds. The number of carbonyl (C=O) groups excluding carboxylic acids is 1. The van der Waals surface area contributed by atoms with E-state index in [1.165, 1.54) is 12.1 Å². The number of aromatic nitrogens is 1. The second-order valence-corrected chi connectivity index (χ2v) is 3.44. The van der Waals surface area contributed by atoms with Gasteiger partial charge in [0.2, 0.25) is 0 Å². The Hall–Kier alpha value is -1.68. The molecule has 1 aromatic heterocycles. The topological polar surface area (TPSA) is 48.0 Å². The van der Waals surface area contributed by atoms with Crippen LogP contribution in [-0.4, -0.2) is 16.9 Å². The van der Waals surface area contributed by atoms with Crippen molar-refractivity contribution >= 4 is 16.7 Å². The fourth-order valence-electron chi connectivity index (χ4n) is 1.69. The van der Waals surface area contributed by atoms with Gasteiger partial charge in [-0.15, -0.1) is 0 Å². The molecule has 0 fully saturated rings. The lowest BCUT2D eigenvalue weighted by Crippen LogP contribution is -2.13. The molecule has 2 aromatic rings. The number of carbonyl (C=O) groups is 1. The standard InChI is InChI=1S/C11H11FN2O/c1-14-6-9(11(15)5-13)8-3-2-7(12)4-10(8)14/h2-4,6H,5,13H2,1H3. The van der Waals surface area contributed by atoms with E-state index in [-0.39, 0.29) is 18.1 Å². The zero-order valence-corrected chi connectivity index (χ0v) is 8.33. The van der Waals surface area contributed by atoms with Crippen LogP contribution >= 0.6 is 0 Å². The molecule has 1 aromatic carbocycles. The van der Waals surface area contributed by atoms with Crippen LogP contribution in [0.3, 0.4) is 0 Å². The van der Waals surface area contributed by atoms with Crippen LogP contribution in [-0.2, 0) is 7.05 Å². The summed E-state index contributed by atoms with van der Waals surface area (Å²) in [5.41, 5.74) is 6.55. The van der Waals surface area contributed by atoms with Crippen molar-refractivity contribution in [1.29, 1.82) is 0 Å². The van der Waals surface area contributed by atoms with Gasteiger partial charge in [-0.25, -0.2) is 4.39 Å². The lowest BCUT2D eigenvalue weighted by Gasteiger charge is -1.95. The molecule has 0 radical (unpaired) electrons. The number of benzene rings is 1. The van der Waals surface area contributed by atoms with E-state index in [0.717, 1.165) is 5.39 Å². The number of nitrogens with two attached hydrogens (primary N) is 1. The monoisotopic (exact) mass is 206 g/mol. The zero-order chi connectivity index (χ0) is 11.0. The molecule has 0 unspecified atom stereocenters. The van der Waals surface area contributed by atoms with Crippen LogP contribution in [0.4, 0.5) is 4.39 Å². The van der Waals surface area contributed by atoms with Gasteiger partial charge in [0.25, 0.3) is 0 Å². The highest BCUT2D eigenvalue weighted by Crippen LogP contribution is 2.21. The Labute approximate surface area is 86.3 Å². The predicted octanol–water partition coefficient (Wildman–Crippen LogP) is 1.46. The molecule has 0 saturated heterocycles. The lowest BCUT2D eigenvalue weighted by atomic mass is 10.1. The molecule has 1 heterocycles. The third kappa shape index (κ3) is 1.53. The van der Waals surface area contributed by atoms with Crippen molar-refractivity contribution < 1.29 is 9.18 Å². The third-order valence-corrected chi connectivity index (χ3v) is 2.44. The number of nitrogens with zero attached hydrogens (tertiary/aromatic N) is 1. The van der Waals surface area contributed by atoms with Gasteiger partial charge in [0.1, 0.15) is 5.82 Å². The molecule has 0 aliphatic rings. The van der Waals surface area contributed by atoms with Crippen LogP contribution in [0.15, 0.2) is 24.4 Å². The highest BCUT2D eigenvalue weighted by atomic mass is 19.1. The van der Waals surface area contributed by atoms with Crippen molar-refractivity contribution in [3.05, 3.63) is 35.8 Å². The highest BCUT2D eigenvalue weighted by Gasteiger charge is 2.12. The van der Waals surface area contributed by atoms with E-state index >= 15 is 0 Å². The van der Waals surface area contributed by atoms with Crippen LogP contribution in [0.25, 0.3) is 10.9 Å². The summed E-state index contributed by atoms with van der Waals surface area (Å²) in [6, 6.07) is 4.35. The number of ketones is 1. The third-order valence-electron chi connectivity index (χ3n) is 2.44. The number of aryl methyl sites for hydroxylation is 1. The minimum atomic E-state index is -0.310. The van der Waals surface area contributed by atoms with Gasteiger partial charge in [0.15, 0.2) is 5.78 Å². The van der Waals surface area contributed by atoms with Crippen LogP contribution in [0, 0.1) is 5.82 Å². The Morgan fingerprint density at radius 3 is 2.93 bits per heavy atom. The summed E-state index contributed by atoms with van der Waals surface area (Å²) in [5, 5.41) is 0.745. The van der Waals surface area contributed by atoms with E-state index in [4.69, 9.17) is 5.73 Å². The van der Waals surface area contributed by atoms with Gasteiger partial charge in [-0.05, 0) is 18.2 Å². The van der Waals surface area contributed by atoms with E-state index in [9.17, 15) is 9.18 Å². The molecule has 0 saturated carbocycles.